The first-order valence-electron chi connectivity index (χ1n) is 10.3. The maximum atomic E-state index is 13.4. The second kappa shape index (κ2) is 7.71. The summed E-state index contributed by atoms with van der Waals surface area (Å²) >= 11 is 0. The minimum absolute atomic E-state index is 0.0741. The summed E-state index contributed by atoms with van der Waals surface area (Å²) in [6.07, 6.45) is 0.121. The van der Waals surface area contributed by atoms with E-state index in [1.165, 1.54) is 19.3 Å². The summed E-state index contributed by atoms with van der Waals surface area (Å²) in [6, 6.07) is 3.06. The Balaban J connectivity index is 1.71. The van der Waals surface area contributed by atoms with Gasteiger partial charge in [0.25, 0.3) is 11.5 Å². The third-order valence-corrected chi connectivity index (χ3v) is 5.83. The molecule has 4 aromatic rings. The van der Waals surface area contributed by atoms with E-state index >= 15 is 0 Å². The van der Waals surface area contributed by atoms with Gasteiger partial charge in [-0.3, -0.25) is 14.2 Å². The number of rotatable bonds is 4. The molecule has 10 nitrogen and oxygen atoms in total. The largest absolute Gasteiger partial charge is 0.501 e. The van der Waals surface area contributed by atoms with Gasteiger partial charge in [-0.25, -0.2) is 9.97 Å². The van der Waals surface area contributed by atoms with Crippen molar-refractivity contribution in [3.63, 3.8) is 0 Å². The van der Waals surface area contributed by atoms with E-state index < -0.39 is 34.6 Å². The molecule has 0 aliphatic heterocycles. The Morgan fingerprint density at radius 1 is 1.24 bits per heavy atom. The van der Waals surface area contributed by atoms with Crippen LogP contribution in [0.15, 0.2) is 40.0 Å². The molecule has 0 spiro atoms. The van der Waals surface area contributed by atoms with Gasteiger partial charge in [-0.2, -0.15) is 13.2 Å². The zero-order valence-corrected chi connectivity index (χ0v) is 17.6. The second-order valence-electron chi connectivity index (χ2n) is 7.96. The van der Waals surface area contributed by atoms with Crippen molar-refractivity contribution >= 4 is 22.6 Å². The molecule has 3 aromatic heterocycles. The van der Waals surface area contributed by atoms with Gasteiger partial charge in [0.05, 0.1) is 22.8 Å². The third-order valence-electron chi connectivity index (χ3n) is 5.83. The Kier molecular flexibility index (Phi) is 4.92. The molecule has 1 aliphatic carbocycles. The van der Waals surface area contributed by atoms with Gasteiger partial charge in [-0.15, -0.1) is 0 Å². The number of halogens is 3. The average molecular weight is 474 g/mol. The number of nitrogens with one attached hydrogen (secondary N) is 1. The van der Waals surface area contributed by atoms with Gasteiger partial charge in [-0.05, 0) is 37.5 Å². The van der Waals surface area contributed by atoms with Crippen molar-refractivity contribution in [2.75, 3.05) is 5.32 Å². The summed E-state index contributed by atoms with van der Waals surface area (Å²) in [5.41, 5.74) is -1.60. The number of carbonyl (C=O) groups is 1. The number of nitrogens with zero attached hydrogens (tertiary/aromatic N) is 5. The molecule has 1 aliphatic rings. The van der Waals surface area contributed by atoms with Crippen LogP contribution in [0.1, 0.15) is 41.4 Å². The normalized spacial score (nSPS) is 14.4. The van der Waals surface area contributed by atoms with Crippen LogP contribution in [-0.4, -0.2) is 35.3 Å². The van der Waals surface area contributed by atoms with E-state index in [-0.39, 0.29) is 34.4 Å². The van der Waals surface area contributed by atoms with Crippen molar-refractivity contribution in [2.45, 2.75) is 31.5 Å². The van der Waals surface area contributed by atoms with Crippen LogP contribution >= 0.6 is 0 Å². The maximum absolute atomic E-state index is 13.4. The number of carbonyl (C=O) groups excluding carboxylic acids is 1. The number of imidazole rings is 1. The topological polar surface area (TPSA) is 128 Å². The highest BCUT2D eigenvalue weighted by Crippen LogP contribution is 2.40. The molecule has 2 N–H and O–H groups in total. The molecule has 176 valence electrons. The fourth-order valence-corrected chi connectivity index (χ4v) is 3.85. The van der Waals surface area contributed by atoms with Crippen LogP contribution in [-0.2, 0) is 13.2 Å². The molecule has 0 unspecified atom stereocenters. The van der Waals surface area contributed by atoms with Crippen molar-refractivity contribution in [1.29, 1.82) is 0 Å². The zero-order chi connectivity index (χ0) is 24.2. The Morgan fingerprint density at radius 3 is 2.62 bits per heavy atom. The van der Waals surface area contributed by atoms with Crippen LogP contribution in [0.5, 0.6) is 5.75 Å². The lowest BCUT2D eigenvalue weighted by Crippen LogP contribution is -2.27. The fourth-order valence-electron chi connectivity index (χ4n) is 3.85. The Hall–Kier alpha value is -4.16. The summed E-state index contributed by atoms with van der Waals surface area (Å²) < 4.78 is 47.4. The Bertz CT molecular complexity index is 1470. The average Bonchev–Trinajstić information content (AvgIpc) is 3.38. The van der Waals surface area contributed by atoms with Gasteiger partial charge in [0.2, 0.25) is 5.75 Å². The van der Waals surface area contributed by atoms with E-state index in [0.717, 1.165) is 29.4 Å². The molecule has 1 amide bonds. The maximum Gasteiger partial charge on any atom is 0.416 e. The lowest BCUT2D eigenvalue weighted by molar-refractivity contribution is -0.137. The number of aromatic hydroxyl groups is 1. The highest BCUT2D eigenvalue weighted by Gasteiger charge is 2.33. The molecular formula is C21H17F3N6O4. The molecule has 34 heavy (non-hydrogen) atoms. The van der Waals surface area contributed by atoms with Crippen LogP contribution in [0.2, 0.25) is 0 Å². The molecule has 0 saturated heterocycles. The number of benzene rings is 1. The minimum Gasteiger partial charge on any atom is -0.501 e. The van der Waals surface area contributed by atoms with Crippen LogP contribution < -0.4 is 10.9 Å². The second-order valence-corrected chi connectivity index (χ2v) is 7.96. The molecule has 0 bridgehead atoms. The molecule has 1 saturated carbocycles. The highest BCUT2D eigenvalue weighted by atomic mass is 19.4. The van der Waals surface area contributed by atoms with Gasteiger partial charge in [-0.1, -0.05) is 5.16 Å². The third kappa shape index (κ3) is 3.49. The predicted molar refractivity (Wildman–Crippen MR) is 112 cm³/mol. The summed E-state index contributed by atoms with van der Waals surface area (Å²) in [7, 11) is 1.33. The number of hydrogen-bond donors (Lipinski definition) is 2. The smallest absolute Gasteiger partial charge is 0.416 e. The summed E-state index contributed by atoms with van der Waals surface area (Å²) in [4.78, 5) is 34.1. The monoisotopic (exact) mass is 474 g/mol. The SMILES string of the molecule is Cn1c(-c2nc3ccc(C(F)(F)F)cc3n2C2CCC2)nc(C(=O)Nc2cnoc2)c(O)c1=O. The number of anilines is 1. The van der Waals surface area contributed by atoms with Crippen LogP contribution in [0.4, 0.5) is 18.9 Å². The standard InChI is InChI=1S/C21H17F3N6O4/c1-29-17(28-15(16(31)20(29)33)19(32)26-11-8-25-34-9-11)18-27-13-6-5-10(21(22,23)24)7-14(13)30(18)12-3-2-4-12/h5-9,12,31H,2-4H2,1H3,(H,26,32). The predicted octanol–water partition coefficient (Wildman–Crippen LogP) is 3.49. The lowest BCUT2D eigenvalue weighted by atomic mass is 9.92. The highest BCUT2D eigenvalue weighted by molar-refractivity contribution is 6.04. The summed E-state index contributed by atoms with van der Waals surface area (Å²) in [5.74, 6) is -1.73. The van der Waals surface area contributed by atoms with Crippen molar-refractivity contribution in [2.24, 2.45) is 7.05 Å². The van der Waals surface area contributed by atoms with E-state index in [1.54, 1.807) is 4.57 Å². The Labute approximate surface area is 188 Å². The number of hydrogen-bond acceptors (Lipinski definition) is 7. The molecule has 0 atom stereocenters. The lowest BCUT2D eigenvalue weighted by Gasteiger charge is -2.29. The van der Waals surface area contributed by atoms with E-state index in [9.17, 15) is 27.9 Å². The first-order valence-corrected chi connectivity index (χ1v) is 10.3. The van der Waals surface area contributed by atoms with Crippen LogP contribution in [0.3, 0.4) is 0 Å². The number of aromatic nitrogens is 5. The van der Waals surface area contributed by atoms with Crippen LogP contribution in [0, 0.1) is 0 Å². The van der Waals surface area contributed by atoms with Crippen LogP contribution in [0.25, 0.3) is 22.7 Å². The first-order chi connectivity index (χ1) is 16.1. The fraction of sp³-hybridized carbons (Fsp3) is 0.286. The number of alkyl halides is 3. The molecule has 1 aromatic carbocycles. The Morgan fingerprint density at radius 2 is 2.00 bits per heavy atom. The van der Waals surface area contributed by atoms with Gasteiger partial charge in [0, 0.05) is 13.1 Å². The van der Waals surface area contributed by atoms with Gasteiger partial charge in [0.1, 0.15) is 12.0 Å². The number of fused-ring (bicyclic) bond motifs is 1. The zero-order valence-electron chi connectivity index (χ0n) is 17.6. The van der Waals surface area contributed by atoms with Crippen molar-refractivity contribution in [1.82, 2.24) is 24.3 Å². The molecule has 5 rings (SSSR count). The summed E-state index contributed by atoms with van der Waals surface area (Å²) in [5, 5.41) is 16.2. The first kappa shape index (κ1) is 21.7. The van der Waals surface area contributed by atoms with E-state index in [2.05, 4.69) is 25.0 Å². The van der Waals surface area contributed by atoms with Crippen molar-refractivity contribution in [3.05, 3.63) is 52.3 Å². The minimum atomic E-state index is -4.54. The molecular weight excluding hydrogens is 457 g/mol. The van der Waals surface area contributed by atoms with Gasteiger partial charge < -0.3 is 19.5 Å². The van der Waals surface area contributed by atoms with Crippen molar-refractivity contribution in [3.8, 4) is 17.4 Å². The van der Waals surface area contributed by atoms with Crippen molar-refractivity contribution < 1.29 is 27.6 Å². The van der Waals surface area contributed by atoms with E-state index in [1.807, 2.05) is 0 Å². The molecule has 1 fully saturated rings. The van der Waals surface area contributed by atoms with E-state index in [0.29, 0.717) is 12.8 Å². The molecule has 3 heterocycles. The van der Waals surface area contributed by atoms with E-state index in [4.69, 9.17) is 0 Å². The molecule has 13 heteroatoms. The summed E-state index contributed by atoms with van der Waals surface area (Å²) in [6.45, 7) is 0. The van der Waals surface area contributed by atoms with Gasteiger partial charge >= 0.3 is 6.18 Å². The molecule has 0 radical (unpaired) electrons. The van der Waals surface area contributed by atoms with Gasteiger partial charge in [0.15, 0.2) is 17.3 Å². The number of amides is 1. The quantitative estimate of drug-likeness (QED) is 0.463.